The van der Waals surface area contributed by atoms with Crippen molar-refractivity contribution < 1.29 is 14.3 Å². The summed E-state index contributed by atoms with van der Waals surface area (Å²) in [5.74, 6) is -1.27. The predicted octanol–water partition coefficient (Wildman–Crippen LogP) is 2.98. The Kier molecular flexibility index (Phi) is 4.75. The zero-order valence-electron chi connectivity index (χ0n) is 13.5. The van der Waals surface area contributed by atoms with E-state index in [4.69, 9.17) is 5.73 Å². The maximum absolute atomic E-state index is 13.6. The minimum atomic E-state index is -0.758. The zero-order valence-corrected chi connectivity index (χ0v) is 13.5. The number of carboxylic acid groups (broad SMARTS) is 1. The number of piperidine rings is 1. The molecule has 2 atom stereocenters. The van der Waals surface area contributed by atoms with Gasteiger partial charge in [0.2, 0.25) is 0 Å². The third-order valence-corrected chi connectivity index (χ3v) is 4.64. The molecule has 0 radical (unpaired) electrons. The molecule has 1 aliphatic heterocycles. The lowest BCUT2D eigenvalue weighted by atomic mass is 9.73. The molecule has 0 unspecified atom stereocenters. The van der Waals surface area contributed by atoms with Gasteiger partial charge in [0.15, 0.2) is 0 Å². The summed E-state index contributed by atoms with van der Waals surface area (Å²) < 4.78 is 13.6. The fourth-order valence-corrected chi connectivity index (χ4v) is 3.09. The highest BCUT2D eigenvalue weighted by atomic mass is 19.1. The number of carboxylic acids is 1. The lowest BCUT2D eigenvalue weighted by Crippen LogP contribution is -2.46. The Labute approximate surface area is 131 Å². The molecule has 1 heterocycles. The van der Waals surface area contributed by atoms with Gasteiger partial charge in [-0.05, 0) is 29.4 Å². The second-order valence-corrected chi connectivity index (χ2v) is 7.34. The molecular formula is C17H25FN2O2. The van der Waals surface area contributed by atoms with E-state index >= 15 is 0 Å². The van der Waals surface area contributed by atoms with Crippen LogP contribution in [0.15, 0.2) is 18.2 Å². The number of nitrogens with zero attached hydrogens (tertiary/aromatic N) is 1. The van der Waals surface area contributed by atoms with E-state index in [-0.39, 0.29) is 22.9 Å². The smallest absolute Gasteiger partial charge is 0.307 e. The number of rotatable bonds is 3. The first-order chi connectivity index (χ1) is 10.2. The highest BCUT2D eigenvalue weighted by Crippen LogP contribution is 2.36. The quantitative estimate of drug-likeness (QED) is 0.843. The topological polar surface area (TPSA) is 66.6 Å². The molecule has 0 aliphatic carbocycles. The number of nitrogen functional groups attached to an aromatic ring is 1. The molecule has 22 heavy (non-hydrogen) atoms. The maximum Gasteiger partial charge on any atom is 0.307 e. The van der Waals surface area contributed by atoms with E-state index < -0.39 is 11.8 Å². The second kappa shape index (κ2) is 6.24. The zero-order chi connectivity index (χ0) is 16.5. The van der Waals surface area contributed by atoms with Crippen molar-refractivity contribution in [3.8, 4) is 0 Å². The maximum atomic E-state index is 13.6. The highest BCUT2D eigenvalue weighted by Gasteiger charge is 2.37. The minimum absolute atomic E-state index is 0.0415. The Hall–Kier alpha value is -1.62. The average Bonchev–Trinajstić information content (AvgIpc) is 2.42. The molecule has 1 fully saturated rings. The molecule has 0 saturated carbocycles. The van der Waals surface area contributed by atoms with Gasteiger partial charge in [-0.1, -0.05) is 32.9 Å². The standard InChI is InChI=1S/C17H25FN2O2/c1-17(2,3)13-7-12(16(21)22)9-20(10-13)8-11-5-4-6-14(18)15(11)19/h4-6,12-13H,7-10,19H2,1-3H3,(H,21,22)/t12-,13+/m0/s1. The van der Waals surface area contributed by atoms with Gasteiger partial charge in [-0.2, -0.15) is 0 Å². The lowest BCUT2D eigenvalue weighted by molar-refractivity contribution is -0.145. The molecule has 1 aromatic rings. The van der Waals surface area contributed by atoms with Crippen LogP contribution in [0.3, 0.4) is 0 Å². The third-order valence-electron chi connectivity index (χ3n) is 4.64. The number of halogens is 1. The van der Waals surface area contributed by atoms with Crippen molar-refractivity contribution in [2.24, 2.45) is 17.3 Å². The first kappa shape index (κ1) is 16.7. The molecule has 0 spiro atoms. The van der Waals surface area contributed by atoms with Crippen LogP contribution in [0.4, 0.5) is 10.1 Å². The molecule has 122 valence electrons. The number of para-hydroxylation sites is 1. The Morgan fingerprint density at radius 2 is 2.09 bits per heavy atom. The number of hydrogen-bond acceptors (Lipinski definition) is 3. The van der Waals surface area contributed by atoms with Gasteiger partial charge in [0.1, 0.15) is 5.82 Å². The summed E-state index contributed by atoms with van der Waals surface area (Å²) in [6, 6.07) is 4.78. The number of carbonyl (C=O) groups is 1. The van der Waals surface area contributed by atoms with Gasteiger partial charge in [0.25, 0.3) is 0 Å². The summed E-state index contributed by atoms with van der Waals surface area (Å²) in [7, 11) is 0. The van der Waals surface area contributed by atoms with Gasteiger partial charge in [-0.15, -0.1) is 0 Å². The van der Waals surface area contributed by atoms with E-state index in [0.29, 0.717) is 19.5 Å². The summed E-state index contributed by atoms with van der Waals surface area (Å²) >= 11 is 0. The summed E-state index contributed by atoms with van der Waals surface area (Å²) in [4.78, 5) is 13.5. The molecule has 3 N–H and O–H groups in total. The van der Waals surface area contributed by atoms with Crippen molar-refractivity contribution in [1.29, 1.82) is 0 Å². The SMILES string of the molecule is CC(C)(C)[C@@H]1C[C@H](C(=O)O)CN(Cc2cccc(F)c2N)C1. The summed E-state index contributed by atoms with van der Waals surface area (Å²) in [6.45, 7) is 8.19. The van der Waals surface area contributed by atoms with Crippen LogP contribution < -0.4 is 5.73 Å². The number of aliphatic carboxylic acids is 1. The molecule has 4 nitrogen and oxygen atoms in total. The van der Waals surface area contributed by atoms with Crippen molar-refractivity contribution in [1.82, 2.24) is 4.90 Å². The van der Waals surface area contributed by atoms with Crippen LogP contribution in [0, 0.1) is 23.1 Å². The number of anilines is 1. The van der Waals surface area contributed by atoms with Crippen LogP contribution in [-0.4, -0.2) is 29.1 Å². The highest BCUT2D eigenvalue weighted by molar-refractivity contribution is 5.70. The van der Waals surface area contributed by atoms with Crippen LogP contribution in [0.1, 0.15) is 32.8 Å². The molecule has 1 aliphatic rings. The Bertz CT molecular complexity index is 554. The normalized spacial score (nSPS) is 23.5. The van der Waals surface area contributed by atoms with E-state index in [2.05, 4.69) is 25.7 Å². The molecule has 5 heteroatoms. The van der Waals surface area contributed by atoms with Crippen LogP contribution in [0.5, 0.6) is 0 Å². The first-order valence-electron chi connectivity index (χ1n) is 7.66. The van der Waals surface area contributed by atoms with E-state index in [1.165, 1.54) is 6.07 Å². The first-order valence-corrected chi connectivity index (χ1v) is 7.66. The Balaban J connectivity index is 2.18. The van der Waals surface area contributed by atoms with E-state index in [1.807, 2.05) is 0 Å². The van der Waals surface area contributed by atoms with E-state index in [0.717, 1.165) is 12.1 Å². The second-order valence-electron chi connectivity index (χ2n) is 7.34. The molecule has 0 amide bonds. The fraction of sp³-hybridized carbons (Fsp3) is 0.588. The van der Waals surface area contributed by atoms with Gasteiger partial charge in [-0.3, -0.25) is 9.69 Å². The monoisotopic (exact) mass is 308 g/mol. The van der Waals surface area contributed by atoms with Gasteiger partial charge in [0.05, 0.1) is 11.6 Å². The Morgan fingerprint density at radius 3 is 2.68 bits per heavy atom. The molecule has 0 bridgehead atoms. The molecule has 1 aromatic carbocycles. The van der Waals surface area contributed by atoms with Crippen molar-refractivity contribution >= 4 is 11.7 Å². The number of nitrogens with two attached hydrogens (primary N) is 1. The van der Waals surface area contributed by atoms with Crippen molar-refractivity contribution in [2.45, 2.75) is 33.7 Å². The van der Waals surface area contributed by atoms with Crippen LogP contribution in [-0.2, 0) is 11.3 Å². The van der Waals surface area contributed by atoms with Crippen molar-refractivity contribution in [2.75, 3.05) is 18.8 Å². The summed E-state index contributed by atoms with van der Waals surface area (Å²) in [5, 5.41) is 9.39. The molecule has 2 rings (SSSR count). The number of hydrogen-bond donors (Lipinski definition) is 2. The van der Waals surface area contributed by atoms with Crippen LogP contribution in [0.2, 0.25) is 0 Å². The largest absolute Gasteiger partial charge is 0.481 e. The predicted molar refractivity (Wildman–Crippen MR) is 84.8 cm³/mol. The Morgan fingerprint density at radius 1 is 1.41 bits per heavy atom. The minimum Gasteiger partial charge on any atom is -0.481 e. The van der Waals surface area contributed by atoms with E-state index in [9.17, 15) is 14.3 Å². The molecule has 0 aromatic heterocycles. The fourth-order valence-electron chi connectivity index (χ4n) is 3.09. The number of likely N-dealkylation sites (tertiary alicyclic amines) is 1. The number of benzene rings is 1. The van der Waals surface area contributed by atoms with Crippen LogP contribution >= 0.6 is 0 Å². The van der Waals surface area contributed by atoms with Gasteiger partial charge < -0.3 is 10.8 Å². The summed E-state index contributed by atoms with van der Waals surface area (Å²) in [5.41, 5.74) is 6.72. The molecular weight excluding hydrogens is 283 g/mol. The summed E-state index contributed by atoms with van der Waals surface area (Å²) in [6.07, 6.45) is 0.688. The third kappa shape index (κ3) is 3.77. The van der Waals surface area contributed by atoms with Gasteiger partial charge in [0, 0.05) is 19.6 Å². The van der Waals surface area contributed by atoms with Crippen molar-refractivity contribution in [3.63, 3.8) is 0 Å². The van der Waals surface area contributed by atoms with E-state index in [1.54, 1.807) is 12.1 Å². The van der Waals surface area contributed by atoms with Gasteiger partial charge >= 0.3 is 5.97 Å². The molecule has 1 saturated heterocycles. The van der Waals surface area contributed by atoms with Crippen molar-refractivity contribution in [3.05, 3.63) is 29.6 Å². The van der Waals surface area contributed by atoms with Crippen LogP contribution in [0.25, 0.3) is 0 Å². The van der Waals surface area contributed by atoms with Gasteiger partial charge in [-0.25, -0.2) is 4.39 Å². The lowest BCUT2D eigenvalue weighted by Gasteiger charge is -2.42. The average molecular weight is 308 g/mol.